The van der Waals surface area contributed by atoms with E-state index in [2.05, 4.69) is 25.0 Å². The SMILES string of the molecule is Cc1noc(C)c1S(=O)(=O)Nc1cccc(-c2ccc(N3CCCC3)nn2)c1. The van der Waals surface area contributed by atoms with Crippen molar-refractivity contribution >= 4 is 21.5 Å². The Kier molecular flexibility index (Phi) is 4.76. The summed E-state index contributed by atoms with van der Waals surface area (Å²) in [5.41, 5.74) is 2.22. The Labute approximate surface area is 163 Å². The maximum absolute atomic E-state index is 12.7. The van der Waals surface area contributed by atoms with E-state index in [0.717, 1.165) is 24.5 Å². The molecule has 8 nitrogen and oxygen atoms in total. The first kappa shape index (κ1) is 18.4. The summed E-state index contributed by atoms with van der Waals surface area (Å²) in [6.07, 6.45) is 2.35. The predicted octanol–water partition coefficient (Wildman–Crippen LogP) is 3.15. The smallest absolute Gasteiger partial charge is 0.267 e. The molecule has 0 aliphatic carbocycles. The third kappa shape index (κ3) is 3.57. The average molecular weight is 399 g/mol. The molecule has 0 radical (unpaired) electrons. The van der Waals surface area contributed by atoms with E-state index in [1.165, 1.54) is 12.8 Å². The van der Waals surface area contributed by atoms with Crippen LogP contribution in [0.5, 0.6) is 0 Å². The Hall–Kier alpha value is -2.94. The molecule has 0 saturated carbocycles. The number of sulfonamides is 1. The van der Waals surface area contributed by atoms with Gasteiger partial charge >= 0.3 is 0 Å². The van der Waals surface area contributed by atoms with Gasteiger partial charge in [-0.15, -0.1) is 10.2 Å². The fourth-order valence-electron chi connectivity index (χ4n) is 3.40. The number of benzene rings is 1. The molecule has 0 atom stereocenters. The van der Waals surface area contributed by atoms with Crippen LogP contribution in [0.25, 0.3) is 11.3 Å². The summed E-state index contributed by atoms with van der Waals surface area (Å²) in [7, 11) is -3.80. The number of aromatic nitrogens is 3. The lowest BCUT2D eigenvalue weighted by Gasteiger charge is -2.15. The van der Waals surface area contributed by atoms with Crippen LogP contribution >= 0.6 is 0 Å². The van der Waals surface area contributed by atoms with E-state index < -0.39 is 10.0 Å². The van der Waals surface area contributed by atoms with Gasteiger partial charge in [-0.1, -0.05) is 17.3 Å². The summed E-state index contributed by atoms with van der Waals surface area (Å²) in [6.45, 7) is 5.18. The Morgan fingerprint density at radius 1 is 1.07 bits per heavy atom. The lowest BCUT2D eigenvalue weighted by atomic mass is 10.1. The zero-order chi connectivity index (χ0) is 19.7. The summed E-state index contributed by atoms with van der Waals surface area (Å²) < 4.78 is 33.0. The number of hydrogen-bond donors (Lipinski definition) is 1. The van der Waals surface area contributed by atoms with E-state index in [-0.39, 0.29) is 10.7 Å². The van der Waals surface area contributed by atoms with Gasteiger partial charge in [-0.3, -0.25) is 4.72 Å². The van der Waals surface area contributed by atoms with Gasteiger partial charge < -0.3 is 9.42 Å². The van der Waals surface area contributed by atoms with E-state index in [0.29, 0.717) is 17.1 Å². The van der Waals surface area contributed by atoms with Crippen molar-refractivity contribution in [3.8, 4) is 11.3 Å². The van der Waals surface area contributed by atoms with Gasteiger partial charge in [0.05, 0.1) is 5.69 Å². The van der Waals surface area contributed by atoms with Crippen LogP contribution in [0.1, 0.15) is 24.3 Å². The molecule has 0 spiro atoms. The molecule has 1 fully saturated rings. The van der Waals surface area contributed by atoms with Crippen molar-refractivity contribution in [1.82, 2.24) is 15.4 Å². The van der Waals surface area contributed by atoms with Crippen molar-refractivity contribution in [3.63, 3.8) is 0 Å². The first-order valence-corrected chi connectivity index (χ1v) is 10.6. The molecule has 0 bridgehead atoms. The highest BCUT2D eigenvalue weighted by molar-refractivity contribution is 7.92. The first-order chi connectivity index (χ1) is 13.4. The Morgan fingerprint density at radius 3 is 2.50 bits per heavy atom. The summed E-state index contributed by atoms with van der Waals surface area (Å²) in [6, 6.07) is 10.9. The molecule has 0 unspecified atom stereocenters. The fourth-order valence-corrected chi connectivity index (χ4v) is 4.78. The molecule has 2 aromatic heterocycles. The molecular weight excluding hydrogens is 378 g/mol. The monoisotopic (exact) mass is 399 g/mol. The fraction of sp³-hybridized carbons (Fsp3) is 0.316. The van der Waals surface area contributed by atoms with Crippen LogP contribution in [-0.4, -0.2) is 36.9 Å². The average Bonchev–Trinajstić information content (AvgIpc) is 3.32. The molecular formula is C19H21N5O3S. The van der Waals surface area contributed by atoms with Gasteiger partial charge in [0, 0.05) is 24.3 Å². The summed E-state index contributed by atoms with van der Waals surface area (Å²) in [4.78, 5) is 2.28. The van der Waals surface area contributed by atoms with Crippen molar-refractivity contribution in [2.45, 2.75) is 31.6 Å². The Morgan fingerprint density at radius 2 is 1.86 bits per heavy atom. The molecule has 3 aromatic rings. The molecule has 1 aromatic carbocycles. The van der Waals surface area contributed by atoms with Crippen LogP contribution in [0.2, 0.25) is 0 Å². The number of nitrogens with one attached hydrogen (secondary N) is 1. The minimum Gasteiger partial charge on any atom is -0.360 e. The maximum Gasteiger partial charge on any atom is 0.267 e. The van der Waals surface area contributed by atoms with Crippen molar-refractivity contribution in [2.75, 3.05) is 22.7 Å². The zero-order valence-corrected chi connectivity index (χ0v) is 16.5. The highest BCUT2D eigenvalue weighted by Crippen LogP contribution is 2.26. The van der Waals surface area contributed by atoms with E-state index in [4.69, 9.17) is 4.52 Å². The van der Waals surface area contributed by atoms with Crippen molar-refractivity contribution in [2.24, 2.45) is 0 Å². The van der Waals surface area contributed by atoms with E-state index >= 15 is 0 Å². The highest BCUT2D eigenvalue weighted by Gasteiger charge is 2.24. The molecule has 146 valence electrons. The van der Waals surface area contributed by atoms with E-state index in [1.54, 1.807) is 32.0 Å². The largest absolute Gasteiger partial charge is 0.360 e. The zero-order valence-electron chi connectivity index (χ0n) is 15.7. The number of nitrogens with zero attached hydrogens (tertiary/aromatic N) is 4. The second kappa shape index (κ2) is 7.23. The third-order valence-corrected chi connectivity index (χ3v) is 6.35. The Balaban J connectivity index is 1.58. The second-order valence-corrected chi connectivity index (χ2v) is 8.43. The summed E-state index contributed by atoms with van der Waals surface area (Å²) in [5.74, 6) is 1.13. The van der Waals surface area contributed by atoms with Crippen molar-refractivity contribution in [1.29, 1.82) is 0 Å². The predicted molar refractivity (Wildman–Crippen MR) is 106 cm³/mol. The number of hydrogen-bond acceptors (Lipinski definition) is 7. The summed E-state index contributed by atoms with van der Waals surface area (Å²) >= 11 is 0. The normalized spacial score (nSPS) is 14.4. The molecule has 4 rings (SSSR count). The van der Waals surface area contributed by atoms with Gasteiger partial charge in [-0.2, -0.15) is 0 Å². The third-order valence-electron chi connectivity index (χ3n) is 4.73. The highest BCUT2D eigenvalue weighted by atomic mass is 32.2. The molecule has 3 heterocycles. The van der Waals surface area contributed by atoms with Crippen molar-refractivity contribution in [3.05, 3.63) is 47.9 Å². The standard InChI is InChI=1S/C19H21N5O3S/c1-13-19(14(2)27-22-13)28(25,26)23-16-7-5-6-15(12-16)17-8-9-18(21-20-17)24-10-3-4-11-24/h5-9,12,23H,3-4,10-11H2,1-2H3. The van der Waals surface area contributed by atoms with Gasteiger partial charge in [0.15, 0.2) is 16.5 Å². The molecule has 1 saturated heterocycles. The topological polar surface area (TPSA) is 101 Å². The van der Waals surface area contributed by atoms with Crippen LogP contribution in [0.3, 0.4) is 0 Å². The first-order valence-electron chi connectivity index (χ1n) is 9.09. The quantitative estimate of drug-likeness (QED) is 0.703. The van der Waals surface area contributed by atoms with Crippen LogP contribution in [0.4, 0.5) is 11.5 Å². The van der Waals surface area contributed by atoms with Gasteiger partial charge in [0.25, 0.3) is 10.0 Å². The number of aryl methyl sites for hydroxylation is 2. The van der Waals surface area contributed by atoms with E-state index in [1.807, 2.05) is 18.2 Å². The molecule has 1 aliphatic rings. The van der Waals surface area contributed by atoms with Gasteiger partial charge in [-0.05, 0) is 51.0 Å². The number of anilines is 2. The van der Waals surface area contributed by atoms with Crippen LogP contribution in [0.15, 0.2) is 45.8 Å². The number of rotatable bonds is 5. The molecule has 9 heteroatoms. The second-order valence-electron chi connectivity index (χ2n) is 6.81. The van der Waals surface area contributed by atoms with Gasteiger partial charge in [0.1, 0.15) is 5.69 Å². The molecule has 1 N–H and O–H groups in total. The Bertz CT molecular complexity index is 1070. The molecule has 0 amide bonds. The van der Waals surface area contributed by atoms with Crippen LogP contribution in [-0.2, 0) is 10.0 Å². The van der Waals surface area contributed by atoms with E-state index in [9.17, 15) is 8.42 Å². The minimum atomic E-state index is -3.80. The van der Waals surface area contributed by atoms with Gasteiger partial charge in [0.2, 0.25) is 0 Å². The lowest BCUT2D eigenvalue weighted by molar-refractivity contribution is 0.390. The minimum absolute atomic E-state index is 0.0626. The van der Waals surface area contributed by atoms with Crippen LogP contribution in [0, 0.1) is 13.8 Å². The van der Waals surface area contributed by atoms with Crippen molar-refractivity contribution < 1.29 is 12.9 Å². The van der Waals surface area contributed by atoms with Crippen LogP contribution < -0.4 is 9.62 Å². The lowest BCUT2D eigenvalue weighted by Crippen LogP contribution is -2.19. The molecule has 28 heavy (non-hydrogen) atoms. The van der Waals surface area contributed by atoms with Gasteiger partial charge in [-0.25, -0.2) is 8.42 Å². The molecule has 1 aliphatic heterocycles. The summed E-state index contributed by atoms with van der Waals surface area (Å²) in [5, 5.41) is 12.4. The maximum atomic E-state index is 12.7.